The highest BCUT2D eigenvalue weighted by Crippen LogP contribution is 2.24. The van der Waals surface area contributed by atoms with Crippen LogP contribution < -0.4 is 5.73 Å². The lowest BCUT2D eigenvalue weighted by molar-refractivity contribution is 0.519. The Morgan fingerprint density at radius 2 is 1.89 bits per heavy atom. The number of aromatic nitrogens is 2. The van der Waals surface area contributed by atoms with Crippen molar-refractivity contribution in [1.29, 1.82) is 0 Å². The molecule has 0 amide bonds. The maximum atomic E-state index is 13.6. The summed E-state index contributed by atoms with van der Waals surface area (Å²) >= 11 is 0. The van der Waals surface area contributed by atoms with Crippen molar-refractivity contribution in [3.8, 4) is 0 Å². The van der Waals surface area contributed by atoms with E-state index in [2.05, 4.69) is 5.10 Å². The first-order valence-electron chi connectivity index (χ1n) is 5.25. The quantitative estimate of drug-likeness (QED) is 0.862. The van der Waals surface area contributed by atoms with Crippen molar-refractivity contribution in [2.24, 2.45) is 7.05 Å². The van der Waals surface area contributed by atoms with Gasteiger partial charge in [0.05, 0.1) is 11.4 Å². The highest BCUT2D eigenvalue weighted by Gasteiger charge is 2.25. The van der Waals surface area contributed by atoms with Crippen LogP contribution in [0.2, 0.25) is 0 Å². The first-order valence-corrected chi connectivity index (χ1v) is 6.90. The van der Waals surface area contributed by atoms with Crippen molar-refractivity contribution in [3.63, 3.8) is 0 Å². The summed E-state index contributed by atoms with van der Waals surface area (Å²) in [6, 6.07) is 3.01. The van der Waals surface area contributed by atoms with Gasteiger partial charge in [-0.05, 0) is 18.2 Å². The number of benzene rings is 1. The predicted molar refractivity (Wildman–Crippen MR) is 64.9 cm³/mol. The SMILES string of the molecule is Cn1ccc(CS(=O)(=O)c2c(F)cc(N)cc2F)n1. The van der Waals surface area contributed by atoms with E-state index in [0.717, 1.165) is 12.1 Å². The molecule has 102 valence electrons. The average Bonchev–Trinajstić information content (AvgIpc) is 2.60. The number of nitrogens with two attached hydrogens (primary N) is 1. The molecule has 0 saturated carbocycles. The topological polar surface area (TPSA) is 78.0 Å². The zero-order chi connectivity index (χ0) is 14.2. The lowest BCUT2D eigenvalue weighted by atomic mass is 10.3. The molecule has 0 spiro atoms. The van der Waals surface area contributed by atoms with E-state index in [4.69, 9.17) is 5.73 Å². The van der Waals surface area contributed by atoms with Crippen molar-refractivity contribution in [2.75, 3.05) is 5.73 Å². The largest absolute Gasteiger partial charge is 0.399 e. The molecule has 0 bridgehead atoms. The molecular weight excluding hydrogens is 276 g/mol. The molecule has 0 radical (unpaired) electrons. The second-order valence-electron chi connectivity index (χ2n) is 4.05. The van der Waals surface area contributed by atoms with Crippen molar-refractivity contribution in [3.05, 3.63) is 41.7 Å². The molecule has 0 fully saturated rings. The molecule has 0 aliphatic carbocycles. The number of nitrogen functional groups attached to an aromatic ring is 1. The minimum Gasteiger partial charge on any atom is -0.399 e. The van der Waals surface area contributed by atoms with Crippen LogP contribution in [-0.4, -0.2) is 18.2 Å². The second kappa shape index (κ2) is 4.61. The van der Waals surface area contributed by atoms with E-state index in [0.29, 0.717) is 0 Å². The van der Waals surface area contributed by atoms with E-state index >= 15 is 0 Å². The molecule has 0 atom stereocenters. The molecule has 0 aliphatic rings. The summed E-state index contributed by atoms with van der Waals surface area (Å²) in [6.07, 6.45) is 1.54. The third-order valence-electron chi connectivity index (χ3n) is 2.44. The predicted octanol–water partition coefficient (Wildman–Crippen LogP) is 1.25. The van der Waals surface area contributed by atoms with Crippen LogP contribution >= 0.6 is 0 Å². The van der Waals surface area contributed by atoms with Crippen molar-refractivity contribution in [1.82, 2.24) is 9.78 Å². The molecule has 1 aromatic heterocycles. The highest BCUT2D eigenvalue weighted by molar-refractivity contribution is 7.90. The van der Waals surface area contributed by atoms with Crippen LogP contribution in [0.15, 0.2) is 29.3 Å². The average molecular weight is 287 g/mol. The van der Waals surface area contributed by atoms with Crippen LogP contribution in [0.3, 0.4) is 0 Å². The number of hydrogen-bond donors (Lipinski definition) is 1. The van der Waals surface area contributed by atoms with Gasteiger partial charge in [0.2, 0.25) is 0 Å². The van der Waals surface area contributed by atoms with Gasteiger partial charge in [-0.3, -0.25) is 4.68 Å². The Kier molecular flexibility index (Phi) is 3.27. The summed E-state index contributed by atoms with van der Waals surface area (Å²) in [5.74, 6) is -2.98. The van der Waals surface area contributed by atoms with Crippen LogP contribution in [0, 0.1) is 11.6 Å². The second-order valence-corrected chi connectivity index (χ2v) is 5.98. The molecule has 0 unspecified atom stereocenters. The molecule has 2 aromatic rings. The summed E-state index contributed by atoms with van der Waals surface area (Å²) < 4.78 is 52.6. The Balaban J connectivity index is 2.45. The van der Waals surface area contributed by atoms with E-state index in [9.17, 15) is 17.2 Å². The van der Waals surface area contributed by atoms with E-state index in [1.54, 1.807) is 13.2 Å². The molecule has 2 N–H and O–H groups in total. The van der Waals surface area contributed by atoms with Gasteiger partial charge < -0.3 is 5.73 Å². The van der Waals surface area contributed by atoms with Crippen LogP contribution in [0.1, 0.15) is 5.69 Å². The summed E-state index contributed by atoms with van der Waals surface area (Å²) in [6.45, 7) is 0. The summed E-state index contributed by atoms with van der Waals surface area (Å²) in [4.78, 5) is -0.979. The number of nitrogens with zero attached hydrogens (tertiary/aromatic N) is 2. The first kappa shape index (κ1) is 13.5. The van der Waals surface area contributed by atoms with Gasteiger partial charge in [0.15, 0.2) is 9.84 Å². The van der Waals surface area contributed by atoms with Crippen LogP contribution in [0.25, 0.3) is 0 Å². The Hall–Kier alpha value is -1.96. The Labute approximate surface area is 108 Å². The smallest absolute Gasteiger partial charge is 0.189 e. The fourth-order valence-corrected chi connectivity index (χ4v) is 3.08. The lowest BCUT2D eigenvalue weighted by Gasteiger charge is -2.06. The molecule has 2 rings (SSSR count). The zero-order valence-electron chi connectivity index (χ0n) is 9.97. The van der Waals surface area contributed by atoms with Crippen LogP contribution in [-0.2, 0) is 22.6 Å². The van der Waals surface area contributed by atoms with Gasteiger partial charge in [-0.25, -0.2) is 17.2 Å². The molecule has 1 heterocycles. The summed E-state index contributed by atoms with van der Waals surface area (Å²) in [5.41, 5.74) is 5.27. The van der Waals surface area contributed by atoms with E-state index in [-0.39, 0.29) is 11.4 Å². The van der Waals surface area contributed by atoms with E-state index in [1.165, 1.54) is 10.7 Å². The molecule has 5 nitrogen and oxygen atoms in total. The third-order valence-corrected chi connectivity index (χ3v) is 4.13. The minimum atomic E-state index is -4.16. The Bertz CT molecular complexity index is 702. The third kappa shape index (κ3) is 2.73. The highest BCUT2D eigenvalue weighted by atomic mass is 32.2. The Morgan fingerprint density at radius 3 is 2.37 bits per heavy atom. The lowest BCUT2D eigenvalue weighted by Crippen LogP contribution is -2.11. The van der Waals surface area contributed by atoms with E-state index < -0.39 is 32.1 Å². The van der Waals surface area contributed by atoms with Gasteiger partial charge >= 0.3 is 0 Å². The fourth-order valence-electron chi connectivity index (χ4n) is 1.68. The number of rotatable bonds is 3. The number of sulfone groups is 1. The van der Waals surface area contributed by atoms with Crippen molar-refractivity contribution < 1.29 is 17.2 Å². The fraction of sp³-hybridized carbons (Fsp3) is 0.182. The number of hydrogen-bond acceptors (Lipinski definition) is 4. The maximum Gasteiger partial charge on any atom is 0.189 e. The van der Waals surface area contributed by atoms with Crippen LogP contribution in [0.4, 0.5) is 14.5 Å². The standard InChI is InChI=1S/C11H11F2N3O2S/c1-16-3-2-8(15-16)6-19(17,18)11-9(12)4-7(14)5-10(11)13/h2-5H,6,14H2,1H3. The molecule has 1 aromatic carbocycles. The van der Waals surface area contributed by atoms with Gasteiger partial charge in [-0.1, -0.05) is 0 Å². The van der Waals surface area contributed by atoms with Crippen molar-refractivity contribution >= 4 is 15.5 Å². The van der Waals surface area contributed by atoms with Gasteiger partial charge in [0.1, 0.15) is 16.5 Å². The normalized spacial score (nSPS) is 11.7. The number of anilines is 1. The first-order chi connectivity index (χ1) is 8.79. The van der Waals surface area contributed by atoms with E-state index in [1.807, 2.05) is 0 Å². The maximum absolute atomic E-state index is 13.6. The molecule has 19 heavy (non-hydrogen) atoms. The van der Waals surface area contributed by atoms with Gasteiger partial charge in [-0.2, -0.15) is 5.10 Å². The number of aryl methyl sites for hydroxylation is 1. The van der Waals surface area contributed by atoms with Gasteiger partial charge in [0, 0.05) is 18.9 Å². The van der Waals surface area contributed by atoms with Gasteiger partial charge in [-0.15, -0.1) is 0 Å². The van der Waals surface area contributed by atoms with Gasteiger partial charge in [0.25, 0.3) is 0 Å². The molecule has 8 heteroatoms. The monoisotopic (exact) mass is 287 g/mol. The number of halogens is 2. The van der Waals surface area contributed by atoms with Crippen LogP contribution in [0.5, 0.6) is 0 Å². The molecule has 0 aliphatic heterocycles. The summed E-state index contributed by atoms with van der Waals surface area (Å²) in [7, 11) is -2.55. The minimum absolute atomic E-state index is 0.174. The van der Waals surface area contributed by atoms with Crippen molar-refractivity contribution in [2.45, 2.75) is 10.6 Å². The molecular formula is C11H11F2N3O2S. The Morgan fingerprint density at radius 1 is 1.32 bits per heavy atom. The summed E-state index contributed by atoms with van der Waals surface area (Å²) in [5, 5.41) is 3.87. The zero-order valence-corrected chi connectivity index (χ0v) is 10.8. The molecule has 0 saturated heterocycles.